The van der Waals surface area contributed by atoms with E-state index in [1.54, 1.807) is 0 Å². The van der Waals surface area contributed by atoms with Gasteiger partial charge >= 0.3 is 0 Å². The van der Waals surface area contributed by atoms with Crippen LogP contribution in [0.25, 0.3) is 6.08 Å². The highest BCUT2D eigenvalue weighted by Gasteiger charge is 2.14. The van der Waals surface area contributed by atoms with Gasteiger partial charge in [0.05, 0.1) is 0 Å². The van der Waals surface area contributed by atoms with Crippen molar-refractivity contribution in [3.63, 3.8) is 0 Å². The highest BCUT2D eigenvalue weighted by Crippen LogP contribution is 2.25. The zero-order chi connectivity index (χ0) is 6.97. The molecule has 48 valence electrons. The highest BCUT2D eigenvalue weighted by atomic mass is 79.9. The van der Waals surface area contributed by atoms with Crippen molar-refractivity contribution in [2.45, 2.75) is 0 Å². The SMILES string of the molecule is Brc1ccc2c(c1)C=[C+]N2. The van der Waals surface area contributed by atoms with Gasteiger partial charge in [0.15, 0.2) is 11.3 Å². The number of anilines is 1. The van der Waals surface area contributed by atoms with Gasteiger partial charge in [-0.3, -0.25) is 0 Å². The van der Waals surface area contributed by atoms with Gasteiger partial charge in [0.25, 0.3) is 0 Å². The maximum Gasteiger partial charge on any atom is 0.198 e. The van der Waals surface area contributed by atoms with Crippen molar-refractivity contribution in [3.8, 4) is 0 Å². The highest BCUT2D eigenvalue weighted by molar-refractivity contribution is 9.10. The first kappa shape index (κ1) is 5.90. The van der Waals surface area contributed by atoms with Gasteiger partial charge in [-0.15, -0.1) is 0 Å². The number of hydrogen-bond donors (Lipinski definition) is 1. The van der Waals surface area contributed by atoms with E-state index in [0.29, 0.717) is 0 Å². The van der Waals surface area contributed by atoms with Gasteiger partial charge in [0.2, 0.25) is 0 Å². The second-order valence-corrected chi connectivity index (χ2v) is 3.06. The summed E-state index contributed by atoms with van der Waals surface area (Å²) in [7, 11) is 0. The van der Waals surface area contributed by atoms with Crippen LogP contribution < -0.4 is 5.32 Å². The topological polar surface area (TPSA) is 12.0 Å². The predicted octanol–water partition coefficient (Wildman–Crippen LogP) is 2.65. The molecule has 2 rings (SSSR count). The van der Waals surface area contributed by atoms with Crippen molar-refractivity contribution in [1.29, 1.82) is 0 Å². The lowest BCUT2D eigenvalue weighted by Gasteiger charge is -1.87. The number of benzene rings is 1. The van der Waals surface area contributed by atoms with E-state index in [0.717, 1.165) is 10.2 Å². The molecular weight excluding hydrogens is 190 g/mol. The number of halogens is 1. The second-order valence-electron chi connectivity index (χ2n) is 2.15. The third kappa shape index (κ3) is 0.821. The summed E-state index contributed by atoms with van der Waals surface area (Å²) in [5.41, 5.74) is 2.32. The van der Waals surface area contributed by atoms with Crippen molar-refractivity contribution >= 4 is 27.7 Å². The molecule has 10 heavy (non-hydrogen) atoms. The van der Waals surface area contributed by atoms with Crippen molar-refractivity contribution in [1.82, 2.24) is 0 Å². The Bertz CT molecular complexity index is 291. The van der Waals surface area contributed by atoms with Crippen LogP contribution >= 0.6 is 15.9 Å². The molecule has 0 saturated heterocycles. The van der Waals surface area contributed by atoms with E-state index in [1.807, 2.05) is 18.2 Å². The van der Waals surface area contributed by atoms with E-state index < -0.39 is 0 Å². The van der Waals surface area contributed by atoms with Crippen LogP contribution in [-0.2, 0) is 0 Å². The molecule has 0 saturated carbocycles. The van der Waals surface area contributed by atoms with Crippen LogP contribution in [0.2, 0.25) is 0 Å². The lowest BCUT2D eigenvalue weighted by atomic mass is 10.2. The largest absolute Gasteiger partial charge is 0.198 e. The van der Waals surface area contributed by atoms with Crippen LogP contribution in [-0.4, -0.2) is 0 Å². The first-order valence-corrected chi connectivity index (χ1v) is 3.80. The number of nitrogens with one attached hydrogen (secondary N) is 1. The van der Waals surface area contributed by atoms with Gasteiger partial charge < -0.3 is 0 Å². The summed E-state index contributed by atoms with van der Waals surface area (Å²) >= 11 is 3.39. The first-order chi connectivity index (χ1) is 4.86. The number of rotatable bonds is 0. The minimum Gasteiger partial charge on any atom is -0.197 e. The van der Waals surface area contributed by atoms with Gasteiger partial charge in [-0.05, 0) is 22.0 Å². The summed E-state index contributed by atoms with van der Waals surface area (Å²) in [5, 5.41) is 3.00. The van der Waals surface area contributed by atoms with Gasteiger partial charge in [-0.2, -0.15) is 5.32 Å². The lowest BCUT2D eigenvalue weighted by molar-refractivity contribution is 1.58. The fourth-order valence-corrected chi connectivity index (χ4v) is 1.34. The molecule has 0 aromatic heterocycles. The second kappa shape index (κ2) is 2.08. The molecule has 0 atom stereocenters. The summed E-state index contributed by atoms with van der Waals surface area (Å²) in [6.07, 6.45) is 4.85. The predicted molar refractivity (Wildman–Crippen MR) is 45.5 cm³/mol. The first-order valence-electron chi connectivity index (χ1n) is 3.00. The van der Waals surface area contributed by atoms with Crippen molar-refractivity contribution in [2.24, 2.45) is 0 Å². The van der Waals surface area contributed by atoms with Gasteiger partial charge in [-0.25, -0.2) is 0 Å². The Morgan fingerprint density at radius 2 is 2.30 bits per heavy atom. The molecule has 0 amide bonds. The van der Waals surface area contributed by atoms with E-state index in [4.69, 9.17) is 0 Å². The molecule has 1 N–H and O–H groups in total. The maximum atomic E-state index is 3.39. The summed E-state index contributed by atoms with van der Waals surface area (Å²) in [6, 6.07) is 6.09. The Hall–Kier alpha value is -0.850. The Morgan fingerprint density at radius 1 is 1.40 bits per heavy atom. The molecule has 0 unspecified atom stereocenters. The van der Waals surface area contributed by atoms with Crippen LogP contribution in [0.3, 0.4) is 0 Å². The third-order valence-corrected chi connectivity index (χ3v) is 1.94. The summed E-state index contributed by atoms with van der Waals surface area (Å²) in [6.45, 7) is 0. The maximum absolute atomic E-state index is 3.39. The quantitative estimate of drug-likeness (QED) is 0.627. The molecule has 1 aromatic carbocycles. The van der Waals surface area contributed by atoms with Crippen molar-refractivity contribution < 1.29 is 0 Å². The Labute approximate surface area is 67.9 Å². The van der Waals surface area contributed by atoms with E-state index in [2.05, 4.69) is 33.5 Å². The molecular formula is C8H5BrN+. The van der Waals surface area contributed by atoms with E-state index in [1.165, 1.54) is 5.56 Å². The minimum absolute atomic E-state index is 1.10. The molecule has 1 nitrogen and oxygen atoms in total. The smallest absolute Gasteiger partial charge is 0.197 e. The molecule has 0 spiro atoms. The van der Waals surface area contributed by atoms with E-state index in [-0.39, 0.29) is 0 Å². The van der Waals surface area contributed by atoms with Gasteiger partial charge in [-0.1, -0.05) is 0 Å². The van der Waals surface area contributed by atoms with E-state index in [9.17, 15) is 0 Å². The molecule has 1 aliphatic heterocycles. The summed E-state index contributed by atoms with van der Waals surface area (Å²) in [4.78, 5) is 0. The number of hydrogen-bond acceptors (Lipinski definition) is 1. The average molecular weight is 195 g/mol. The molecule has 0 aliphatic carbocycles. The van der Waals surface area contributed by atoms with Crippen LogP contribution in [0.15, 0.2) is 22.7 Å². The fourth-order valence-electron chi connectivity index (χ4n) is 0.958. The average Bonchev–Trinajstić information content (AvgIpc) is 2.33. The Morgan fingerprint density at radius 3 is 3.20 bits per heavy atom. The van der Waals surface area contributed by atoms with Crippen molar-refractivity contribution in [3.05, 3.63) is 34.4 Å². The van der Waals surface area contributed by atoms with Crippen LogP contribution in [0.5, 0.6) is 0 Å². The summed E-state index contributed by atoms with van der Waals surface area (Å²) in [5.74, 6) is 0. The normalized spacial score (nSPS) is 12.1. The molecule has 1 aromatic rings. The van der Waals surface area contributed by atoms with Crippen LogP contribution in [0, 0.1) is 6.20 Å². The standard InChI is InChI=1S/C8H5BrN/c9-7-1-2-8-6(5-7)3-4-10-8/h1-3,5,10H/q+1. The monoisotopic (exact) mass is 194 g/mol. The van der Waals surface area contributed by atoms with Crippen molar-refractivity contribution in [2.75, 3.05) is 5.32 Å². The lowest BCUT2D eigenvalue weighted by Crippen LogP contribution is -1.81. The van der Waals surface area contributed by atoms with Crippen LogP contribution in [0.4, 0.5) is 5.69 Å². The minimum atomic E-state index is 1.10. The molecule has 1 aliphatic rings. The molecule has 0 fully saturated rings. The van der Waals surface area contributed by atoms with E-state index >= 15 is 0 Å². The van der Waals surface area contributed by atoms with Crippen LogP contribution in [0.1, 0.15) is 5.56 Å². The van der Waals surface area contributed by atoms with Gasteiger partial charge in [0, 0.05) is 16.6 Å². The molecule has 2 heteroatoms. The molecule has 1 heterocycles. The third-order valence-electron chi connectivity index (χ3n) is 1.45. The zero-order valence-electron chi connectivity index (χ0n) is 5.19. The summed E-state index contributed by atoms with van der Waals surface area (Å²) < 4.78 is 1.10. The Kier molecular flexibility index (Phi) is 1.23. The fraction of sp³-hybridized carbons (Fsp3) is 0. The number of fused-ring (bicyclic) bond motifs is 1. The zero-order valence-corrected chi connectivity index (χ0v) is 6.77. The Balaban J connectivity index is 2.60. The molecule has 0 bridgehead atoms. The van der Waals surface area contributed by atoms with Gasteiger partial charge in [0.1, 0.15) is 12.3 Å². The molecule has 0 radical (unpaired) electrons.